The number of guanidine groups is 1. The van der Waals surface area contributed by atoms with Crippen molar-refractivity contribution in [2.75, 3.05) is 38.5 Å². The van der Waals surface area contributed by atoms with E-state index in [1.54, 1.807) is 13.8 Å². The van der Waals surface area contributed by atoms with Crippen LogP contribution in [0.15, 0.2) is 23.2 Å². The molecule has 0 spiro atoms. The van der Waals surface area contributed by atoms with Crippen molar-refractivity contribution in [1.82, 2.24) is 10.2 Å². The summed E-state index contributed by atoms with van der Waals surface area (Å²) in [6, 6.07) is 3.35. The Labute approximate surface area is 176 Å². The number of hydrogen-bond donors (Lipinski definition) is 1. The fourth-order valence-corrected chi connectivity index (χ4v) is 4.00. The molecule has 1 heterocycles. The molecule has 1 fully saturated rings. The van der Waals surface area contributed by atoms with Crippen molar-refractivity contribution in [3.63, 3.8) is 0 Å². The highest BCUT2D eigenvalue weighted by atomic mass is 127. The zero-order valence-electron chi connectivity index (χ0n) is 15.7. The molecule has 27 heavy (non-hydrogen) atoms. The molecule has 0 unspecified atom stereocenters. The Kier molecular flexibility index (Phi) is 8.71. The van der Waals surface area contributed by atoms with Crippen molar-refractivity contribution in [3.05, 3.63) is 29.8 Å². The normalized spacial score (nSPS) is 18.6. The van der Waals surface area contributed by atoms with E-state index in [4.69, 9.17) is 4.74 Å². The van der Waals surface area contributed by atoms with E-state index in [0.29, 0.717) is 32.1 Å². The van der Waals surface area contributed by atoms with Gasteiger partial charge in [-0.3, -0.25) is 0 Å². The van der Waals surface area contributed by atoms with E-state index in [-0.39, 0.29) is 42.1 Å². The second-order valence-corrected chi connectivity index (χ2v) is 9.40. The Balaban J connectivity index is 0.00000364. The number of hydrogen-bond acceptors (Lipinski definition) is 4. The van der Waals surface area contributed by atoms with E-state index in [9.17, 15) is 17.2 Å². The Morgan fingerprint density at radius 2 is 2.04 bits per heavy atom. The van der Waals surface area contributed by atoms with Crippen LogP contribution < -0.4 is 10.1 Å². The van der Waals surface area contributed by atoms with Crippen LogP contribution in [0.25, 0.3) is 0 Å². The zero-order chi connectivity index (χ0) is 19.4. The Morgan fingerprint density at radius 3 is 2.63 bits per heavy atom. The maximum Gasteiger partial charge on any atom is 0.194 e. The van der Waals surface area contributed by atoms with E-state index in [1.807, 2.05) is 11.8 Å². The highest BCUT2D eigenvalue weighted by Crippen LogP contribution is 2.23. The van der Waals surface area contributed by atoms with Gasteiger partial charge in [0.1, 0.15) is 12.4 Å². The van der Waals surface area contributed by atoms with Gasteiger partial charge in [0.05, 0.1) is 17.0 Å². The summed E-state index contributed by atoms with van der Waals surface area (Å²) in [5, 5.41) is 3.15. The molecule has 154 valence electrons. The standard InChI is InChI=1S/C17H25F2N3O3S.HI/c1-4-20-16(22-8-10-26(23,24)17(2,3)12-22)21-7-9-25-13-5-6-14(18)15(19)11-13;/h5-6,11H,4,7-10,12H2,1-3H3,(H,20,21);1H. The molecule has 0 amide bonds. The fraction of sp³-hybridized carbons (Fsp3) is 0.588. The van der Waals surface area contributed by atoms with Gasteiger partial charge < -0.3 is 15.0 Å². The zero-order valence-corrected chi connectivity index (χ0v) is 18.8. The van der Waals surface area contributed by atoms with Gasteiger partial charge in [-0.2, -0.15) is 0 Å². The van der Waals surface area contributed by atoms with Crippen LogP contribution >= 0.6 is 24.0 Å². The average molecular weight is 517 g/mol. The minimum absolute atomic E-state index is 0. The molecule has 1 aromatic rings. The van der Waals surface area contributed by atoms with E-state index in [0.717, 1.165) is 12.1 Å². The Hall–Kier alpha value is -1.17. The van der Waals surface area contributed by atoms with Gasteiger partial charge in [-0.15, -0.1) is 24.0 Å². The first-order valence-electron chi connectivity index (χ1n) is 8.50. The lowest BCUT2D eigenvalue weighted by Gasteiger charge is -2.39. The van der Waals surface area contributed by atoms with Crippen LogP contribution in [0, 0.1) is 11.6 Å². The van der Waals surface area contributed by atoms with Crippen LogP contribution in [0.3, 0.4) is 0 Å². The largest absolute Gasteiger partial charge is 0.492 e. The van der Waals surface area contributed by atoms with Crippen LogP contribution in [-0.2, 0) is 9.84 Å². The summed E-state index contributed by atoms with van der Waals surface area (Å²) in [6.45, 7) is 7.22. The van der Waals surface area contributed by atoms with Crippen LogP contribution in [0.4, 0.5) is 8.78 Å². The summed E-state index contributed by atoms with van der Waals surface area (Å²) in [4.78, 5) is 6.37. The number of ether oxygens (including phenoxy) is 1. The maximum atomic E-state index is 13.1. The predicted molar refractivity (Wildman–Crippen MR) is 113 cm³/mol. The first-order chi connectivity index (χ1) is 12.2. The molecule has 0 aromatic heterocycles. The molecule has 1 aliphatic heterocycles. The molecular weight excluding hydrogens is 491 g/mol. The number of rotatable bonds is 5. The topological polar surface area (TPSA) is 71.0 Å². The van der Waals surface area contributed by atoms with Crippen molar-refractivity contribution < 1.29 is 21.9 Å². The molecular formula is C17H26F2IN3O3S. The number of nitrogens with zero attached hydrogens (tertiary/aromatic N) is 2. The first-order valence-corrected chi connectivity index (χ1v) is 10.1. The molecule has 10 heteroatoms. The van der Waals surface area contributed by atoms with E-state index in [1.165, 1.54) is 6.07 Å². The second kappa shape index (κ2) is 9.85. The van der Waals surface area contributed by atoms with Crippen molar-refractivity contribution in [1.29, 1.82) is 0 Å². The molecule has 6 nitrogen and oxygen atoms in total. The van der Waals surface area contributed by atoms with Crippen LogP contribution in [-0.4, -0.2) is 62.6 Å². The van der Waals surface area contributed by atoms with Crippen molar-refractivity contribution >= 4 is 39.8 Å². The van der Waals surface area contributed by atoms with Gasteiger partial charge >= 0.3 is 0 Å². The van der Waals surface area contributed by atoms with Gasteiger partial charge in [-0.1, -0.05) is 0 Å². The Morgan fingerprint density at radius 1 is 1.33 bits per heavy atom. The third kappa shape index (κ3) is 6.16. The summed E-state index contributed by atoms with van der Waals surface area (Å²) >= 11 is 0. The van der Waals surface area contributed by atoms with Gasteiger partial charge in [-0.25, -0.2) is 22.2 Å². The summed E-state index contributed by atoms with van der Waals surface area (Å²) in [7, 11) is -3.13. The van der Waals surface area contributed by atoms with Gasteiger partial charge in [0.2, 0.25) is 0 Å². The summed E-state index contributed by atoms with van der Waals surface area (Å²) in [6.07, 6.45) is 0. The van der Waals surface area contributed by atoms with Crippen molar-refractivity contribution in [2.45, 2.75) is 25.5 Å². The maximum absolute atomic E-state index is 13.1. The molecule has 1 N–H and O–H groups in total. The van der Waals surface area contributed by atoms with Crippen molar-refractivity contribution in [3.8, 4) is 5.75 Å². The summed E-state index contributed by atoms with van der Waals surface area (Å²) < 4.78 is 54.8. The van der Waals surface area contributed by atoms with Crippen molar-refractivity contribution in [2.24, 2.45) is 4.99 Å². The molecule has 0 atom stereocenters. The average Bonchev–Trinajstić information content (AvgIpc) is 2.56. The molecule has 1 saturated heterocycles. The van der Waals surface area contributed by atoms with Crippen LogP contribution in [0.5, 0.6) is 5.75 Å². The van der Waals surface area contributed by atoms with E-state index in [2.05, 4.69) is 10.3 Å². The highest BCUT2D eigenvalue weighted by Gasteiger charge is 2.40. The summed E-state index contributed by atoms with van der Waals surface area (Å²) in [5.41, 5.74) is 0. The van der Waals surface area contributed by atoms with Gasteiger partial charge in [0.15, 0.2) is 27.4 Å². The SMILES string of the molecule is CCNC(=NCCOc1ccc(F)c(F)c1)N1CCS(=O)(=O)C(C)(C)C1.I. The van der Waals surface area contributed by atoms with Gasteiger partial charge in [0.25, 0.3) is 0 Å². The number of sulfone groups is 1. The lowest BCUT2D eigenvalue weighted by Crippen LogP contribution is -2.57. The molecule has 0 radical (unpaired) electrons. The van der Waals surface area contributed by atoms with Crippen LogP contribution in [0.2, 0.25) is 0 Å². The molecule has 1 aromatic carbocycles. The number of aliphatic imine (C=N–C) groups is 1. The monoisotopic (exact) mass is 517 g/mol. The predicted octanol–water partition coefficient (Wildman–Crippen LogP) is 2.44. The van der Waals surface area contributed by atoms with Gasteiger partial charge in [-0.05, 0) is 32.9 Å². The highest BCUT2D eigenvalue weighted by molar-refractivity contribution is 14.0. The van der Waals surface area contributed by atoms with E-state index < -0.39 is 26.2 Å². The van der Waals surface area contributed by atoms with Gasteiger partial charge in [0, 0.05) is 25.7 Å². The summed E-state index contributed by atoms with van der Waals surface area (Å²) in [5.74, 6) is -0.960. The minimum Gasteiger partial charge on any atom is -0.492 e. The molecule has 0 bridgehead atoms. The minimum atomic E-state index is -3.13. The quantitative estimate of drug-likeness (QED) is 0.281. The Bertz CT molecular complexity index is 773. The molecule has 0 aliphatic carbocycles. The molecule has 1 aliphatic rings. The number of halogens is 3. The lowest BCUT2D eigenvalue weighted by molar-refractivity contribution is 0.321. The number of nitrogens with one attached hydrogen (secondary N) is 1. The van der Waals surface area contributed by atoms with E-state index >= 15 is 0 Å². The fourth-order valence-electron chi connectivity index (χ4n) is 2.63. The van der Waals surface area contributed by atoms with Crippen LogP contribution in [0.1, 0.15) is 20.8 Å². The third-order valence-electron chi connectivity index (χ3n) is 4.19. The number of benzene rings is 1. The molecule has 0 saturated carbocycles. The third-order valence-corrected chi connectivity index (χ3v) is 6.72. The lowest BCUT2D eigenvalue weighted by atomic mass is 10.2. The first kappa shape index (κ1) is 23.9. The second-order valence-electron chi connectivity index (χ2n) is 6.66. The smallest absolute Gasteiger partial charge is 0.194 e. The molecule has 2 rings (SSSR count).